The van der Waals surface area contributed by atoms with Crippen LogP contribution >= 0.6 is 0 Å². The summed E-state index contributed by atoms with van der Waals surface area (Å²) in [7, 11) is 0. The van der Waals surface area contributed by atoms with Crippen molar-refractivity contribution < 1.29 is 9.53 Å². The Kier molecular flexibility index (Phi) is 5.66. The van der Waals surface area contributed by atoms with Gasteiger partial charge in [0.1, 0.15) is 11.6 Å². The zero-order valence-electron chi connectivity index (χ0n) is 15.3. The molecule has 0 atom stereocenters. The van der Waals surface area contributed by atoms with Gasteiger partial charge in [-0.3, -0.25) is 9.59 Å². The molecule has 2 aromatic carbocycles. The van der Waals surface area contributed by atoms with Gasteiger partial charge in [0, 0.05) is 28.6 Å². The van der Waals surface area contributed by atoms with Crippen LogP contribution in [0.25, 0.3) is 11.4 Å². The molecule has 0 saturated carbocycles. The quantitative estimate of drug-likeness (QED) is 0.698. The minimum absolute atomic E-state index is 0.212. The van der Waals surface area contributed by atoms with Crippen LogP contribution in [0.1, 0.15) is 29.4 Å². The number of hydrogen-bond donors (Lipinski definition) is 2. The van der Waals surface area contributed by atoms with Gasteiger partial charge in [0.25, 0.3) is 11.5 Å². The van der Waals surface area contributed by atoms with Crippen LogP contribution in [0.3, 0.4) is 0 Å². The Labute approximate surface area is 157 Å². The van der Waals surface area contributed by atoms with Crippen molar-refractivity contribution in [1.82, 2.24) is 9.97 Å². The van der Waals surface area contributed by atoms with E-state index in [1.807, 2.05) is 19.1 Å². The molecule has 27 heavy (non-hydrogen) atoms. The molecule has 1 heterocycles. The number of benzene rings is 2. The highest BCUT2D eigenvalue weighted by Crippen LogP contribution is 2.20. The molecule has 0 radical (unpaired) electrons. The molecule has 0 fully saturated rings. The minimum Gasteiger partial charge on any atom is -0.494 e. The Morgan fingerprint density at radius 2 is 1.96 bits per heavy atom. The van der Waals surface area contributed by atoms with E-state index < -0.39 is 0 Å². The lowest BCUT2D eigenvalue weighted by molar-refractivity contribution is 0.102. The van der Waals surface area contributed by atoms with E-state index in [0.717, 1.165) is 6.42 Å². The van der Waals surface area contributed by atoms with Crippen molar-refractivity contribution in [2.45, 2.75) is 20.3 Å². The molecule has 138 valence electrons. The highest BCUT2D eigenvalue weighted by Gasteiger charge is 2.09. The number of nitrogens with one attached hydrogen (secondary N) is 2. The van der Waals surface area contributed by atoms with Crippen LogP contribution in [0.15, 0.2) is 59.4 Å². The first-order valence-electron chi connectivity index (χ1n) is 8.78. The van der Waals surface area contributed by atoms with Gasteiger partial charge in [-0.2, -0.15) is 0 Å². The van der Waals surface area contributed by atoms with Crippen LogP contribution in [0.4, 0.5) is 5.69 Å². The van der Waals surface area contributed by atoms with Crippen molar-refractivity contribution in [3.63, 3.8) is 0 Å². The number of carbonyl (C=O) groups excluding carboxylic acids is 1. The van der Waals surface area contributed by atoms with Gasteiger partial charge in [-0.25, -0.2) is 4.98 Å². The van der Waals surface area contributed by atoms with Crippen molar-refractivity contribution in [2.24, 2.45) is 0 Å². The van der Waals surface area contributed by atoms with E-state index >= 15 is 0 Å². The zero-order chi connectivity index (χ0) is 19.2. The SMILES string of the molecule is CCCOc1cccc(C(=O)Nc2cccc(-c3nc(C)cc(=O)[nH]3)c2)c1. The van der Waals surface area contributed by atoms with Crippen LogP contribution in [0, 0.1) is 6.92 Å². The number of aryl methyl sites for hydroxylation is 1. The summed E-state index contributed by atoms with van der Waals surface area (Å²) in [4.78, 5) is 31.3. The molecule has 2 N–H and O–H groups in total. The Bertz CT molecular complexity index is 1010. The van der Waals surface area contributed by atoms with E-state index in [0.29, 0.717) is 40.7 Å². The summed E-state index contributed by atoms with van der Waals surface area (Å²) in [6.45, 7) is 4.40. The van der Waals surface area contributed by atoms with Gasteiger partial charge in [-0.15, -0.1) is 0 Å². The number of H-pyrrole nitrogens is 1. The predicted octanol–water partition coefficient (Wildman–Crippen LogP) is 3.79. The highest BCUT2D eigenvalue weighted by molar-refractivity contribution is 6.04. The summed E-state index contributed by atoms with van der Waals surface area (Å²) in [5, 5.41) is 2.87. The molecule has 1 amide bonds. The van der Waals surface area contributed by atoms with Crippen molar-refractivity contribution in [3.8, 4) is 17.1 Å². The third-order valence-corrected chi connectivity index (χ3v) is 3.83. The number of amides is 1. The van der Waals surface area contributed by atoms with E-state index in [4.69, 9.17) is 4.74 Å². The number of nitrogens with zero attached hydrogens (tertiary/aromatic N) is 1. The number of hydrogen-bond acceptors (Lipinski definition) is 4. The molecule has 0 unspecified atom stereocenters. The number of carbonyl (C=O) groups is 1. The van der Waals surface area contributed by atoms with Crippen molar-refractivity contribution in [1.29, 1.82) is 0 Å². The minimum atomic E-state index is -0.236. The van der Waals surface area contributed by atoms with E-state index in [2.05, 4.69) is 15.3 Å². The lowest BCUT2D eigenvalue weighted by Crippen LogP contribution is -2.12. The summed E-state index contributed by atoms with van der Waals surface area (Å²) >= 11 is 0. The molecule has 1 aromatic heterocycles. The second-order valence-corrected chi connectivity index (χ2v) is 6.15. The molecule has 0 saturated heterocycles. The van der Waals surface area contributed by atoms with Crippen LogP contribution in [-0.2, 0) is 0 Å². The summed E-state index contributed by atoms with van der Waals surface area (Å²) < 4.78 is 5.57. The Morgan fingerprint density at radius 1 is 1.15 bits per heavy atom. The fraction of sp³-hybridized carbons (Fsp3) is 0.190. The maximum absolute atomic E-state index is 12.6. The smallest absolute Gasteiger partial charge is 0.255 e. The summed E-state index contributed by atoms with van der Waals surface area (Å²) in [6, 6.07) is 15.7. The molecule has 0 spiro atoms. The average Bonchev–Trinajstić information content (AvgIpc) is 2.66. The summed E-state index contributed by atoms with van der Waals surface area (Å²) in [6.07, 6.45) is 0.901. The third-order valence-electron chi connectivity index (χ3n) is 3.83. The normalized spacial score (nSPS) is 10.4. The second kappa shape index (κ2) is 8.31. The van der Waals surface area contributed by atoms with Gasteiger partial charge in [0.15, 0.2) is 0 Å². The molecule has 6 heteroatoms. The highest BCUT2D eigenvalue weighted by atomic mass is 16.5. The molecule has 3 aromatic rings. The largest absolute Gasteiger partial charge is 0.494 e. The van der Waals surface area contributed by atoms with Crippen molar-refractivity contribution >= 4 is 11.6 Å². The van der Waals surface area contributed by atoms with Crippen LogP contribution in [0.2, 0.25) is 0 Å². The van der Waals surface area contributed by atoms with Crippen molar-refractivity contribution in [2.75, 3.05) is 11.9 Å². The van der Waals surface area contributed by atoms with Gasteiger partial charge >= 0.3 is 0 Å². The third kappa shape index (κ3) is 4.82. The fourth-order valence-electron chi connectivity index (χ4n) is 2.61. The molecule has 0 bridgehead atoms. The van der Waals surface area contributed by atoms with E-state index in [-0.39, 0.29) is 11.5 Å². The molecule has 0 aliphatic heterocycles. The van der Waals surface area contributed by atoms with Gasteiger partial charge in [-0.1, -0.05) is 25.1 Å². The standard InChI is InChI=1S/C21H21N3O3/c1-3-10-27-18-9-5-7-16(13-18)21(26)23-17-8-4-6-15(12-17)20-22-14(2)11-19(25)24-20/h4-9,11-13H,3,10H2,1-2H3,(H,23,26)(H,22,24,25). The average molecular weight is 363 g/mol. The zero-order valence-corrected chi connectivity index (χ0v) is 15.3. The Morgan fingerprint density at radius 3 is 2.74 bits per heavy atom. The fourth-order valence-corrected chi connectivity index (χ4v) is 2.61. The van der Waals surface area contributed by atoms with E-state index in [1.54, 1.807) is 43.3 Å². The number of anilines is 1. The maximum atomic E-state index is 12.6. The Balaban J connectivity index is 1.80. The summed E-state index contributed by atoms with van der Waals surface area (Å²) in [5.41, 5.74) is 2.26. The number of ether oxygens (including phenoxy) is 1. The van der Waals surface area contributed by atoms with Gasteiger partial charge in [0.05, 0.1) is 6.61 Å². The molecule has 3 rings (SSSR count). The lowest BCUT2D eigenvalue weighted by atomic mass is 10.1. The molecular formula is C21H21N3O3. The van der Waals surface area contributed by atoms with E-state index in [9.17, 15) is 9.59 Å². The molecule has 0 aliphatic rings. The summed E-state index contributed by atoms with van der Waals surface area (Å²) in [5.74, 6) is 0.894. The first-order chi connectivity index (χ1) is 13.0. The predicted molar refractivity (Wildman–Crippen MR) is 105 cm³/mol. The van der Waals surface area contributed by atoms with Crippen LogP contribution < -0.4 is 15.6 Å². The number of aromatic nitrogens is 2. The van der Waals surface area contributed by atoms with Gasteiger partial charge in [-0.05, 0) is 43.7 Å². The number of aromatic amines is 1. The Hall–Kier alpha value is -3.41. The van der Waals surface area contributed by atoms with Gasteiger partial charge < -0.3 is 15.0 Å². The van der Waals surface area contributed by atoms with Crippen LogP contribution in [0.5, 0.6) is 5.75 Å². The molecule has 6 nitrogen and oxygen atoms in total. The molecular weight excluding hydrogens is 342 g/mol. The van der Waals surface area contributed by atoms with Crippen LogP contribution in [-0.4, -0.2) is 22.5 Å². The lowest BCUT2D eigenvalue weighted by Gasteiger charge is -2.09. The second-order valence-electron chi connectivity index (χ2n) is 6.15. The van der Waals surface area contributed by atoms with Gasteiger partial charge in [0.2, 0.25) is 0 Å². The van der Waals surface area contributed by atoms with Crippen molar-refractivity contribution in [3.05, 3.63) is 76.2 Å². The monoisotopic (exact) mass is 363 g/mol. The topological polar surface area (TPSA) is 84.1 Å². The van der Waals surface area contributed by atoms with E-state index in [1.165, 1.54) is 6.07 Å². The maximum Gasteiger partial charge on any atom is 0.255 e. The molecule has 0 aliphatic carbocycles. The first kappa shape index (κ1) is 18.4. The first-order valence-corrected chi connectivity index (χ1v) is 8.78. The number of rotatable bonds is 6.